The highest BCUT2D eigenvalue weighted by atomic mass is 35.5. The van der Waals surface area contributed by atoms with Crippen LogP contribution in [0.5, 0.6) is 46.0 Å². The Morgan fingerprint density at radius 1 is 0.654 bits per heavy atom. The Kier molecular flexibility index (Phi) is 28.2. The summed E-state index contributed by atoms with van der Waals surface area (Å²) < 4.78 is 75.0. The number of carboxylic acid groups (broad SMARTS) is 1. The van der Waals surface area contributed by atoms with E-state index in [0.717, 1.165) is 83.4 Å². The number of hydrogen-bond donors (Lipinski definition) is 18. The minimum absolute atomic E-state index is 0.131. The molecule has 7 aliphatic heterocycles. The number of fused-ring (bicyclic) bond motifs is 15. The van der Waals surface area contributed by atoms with Gasteiger partial charge in [0, 0.05) is 46.3 Å². The van der Waals surface area contributed by atoms with Gasteiger partial charge in [0.05, 0.1) is 46.2 Å². The van der Waals surface area contributed by atoms with Crippen molar-refractivity contribution in [2.24, 2.45) is 11.7 Å². The molecule has 11 bridgehead atoms. The Bertz CT molecular complexity index is 5700. The predicted molar refractivity (Wildman–Crippen MR) is 456 cm³/mol. The molecule has 7 amide bonds. The third kappa shape index (κ3) is 20.5. The van der Waals surface area contributed by atoms with Crippen LogP contribution in [0.15, 0.2) is 144 Å². The number of amides is 7. The van der Waals surface area contributed by atoms with Crippen LogP contribution in [0.25, 0.3) is 22.3 Å². The van der Waals surface area contributed by atoms with Crippen molar-refractivity contribution in [3.63, 3.8) is 0 Å². The highest BCUT2D eigenvalue weighted by molar-refractivity contribution is 7.86. The van der Waals surface area contributed by atoms with E-state index in [1.807, 2.05) is 50.2 Å². The zero-order valence-corrected chi connectivity index (χ0v) is 72.4. The summed E-state index contributed by atoms with van der Waals surface area (Å²) in [4.78, 5) is 119. The minimum Gasteiger partial charge on any atom is -0.508 e. The van der Waals surface area contributed by atoms with E-state index >= 15 is 24.0 Å². The highest BCUT2D eigenvalue weighted by Crippen LogP contribution is 2.50. The molecule has 2 fully saturated rings. The summed E-state index contributed by atoms with van der Waals surface area (Å²) in [5.74, 6) is -16.7. The molecule has 0 radical (unpaired) electrons. The lowest BCUT2D eigenvalue weighted by Crippen LogP contribution is -2.65. The second kappa shape index (κ2) is 38.3. The maximum Gasteiger partial charge on any atom is 0.330 e. The molecule has 0 saturated carbocycles. The lowest BCUT2D eigenvalue weighted by molar-refractivity contribution is -0.334. The number of phenols is 3. The summed E-state index contributed by atoms with van der Waals surface area (Å²) in [7, 11) is -3.33. The van der Waals surface area contributed by atoms with Crippen molar-refractivity contribution in [3.8, 4) is 68.2 Å². The molecule has 2 unspecified atom stereocenters. The number of halogens is 3. The number of aliphatic carboxylic acids is 1. The Balaban J connectivity index is 1.01. The summed E-state index contributed by atoms with van der Waals surface area (Å²) in [6.45, 7) is 10.8. The number of carboxylic acids is 1. The second-order valence-corrected chi connectivity index (χ2v) is 35.3. The molecule has 674 valence electrons. The van der Waals surface area contributed by atoms with Gasteiger partial charge >= 0.3 is 5.97 Å². The maximum absolute atomic E-state index is 16.4. The van der Waals surface area contributed by atoms with Crippen molar-refractivity contribution in [1.29, 1.82) is 0 Å². The molecule has 127 heavy (non-hydrogen) atoms. The third-order valence-electron chi connectivity index (χ3n) is 22.6. The van der Waals surface area contributed by atoms with Crippen LogP contribution in [-0.2, 0) is 73.4 Å². The van der Waals surface area contributed by atoms with Crippen molar-refractivity contribution < 1.29 is 125 Å². The van der Waals surface area contributed by atoms with E-state index in [1.54, 1.807) is 45.0 Å². The molecule has 15 rings (SSSR count). The van der Waals surface area contributed by atoms with Crippen molar-refractivity contribution in [1.82, 2.24) is 42.5 Å². The van der Waals surface area contributed by atoms with Crippen LogP contribution in [0.1, 0.15) is 127 Å². The first-order valence-electron chi connectivity index (χ1n) is 40.2. The second-order valence-electron chi connectivity index (χ2n) is 32.5. The number of likely N-dealkylation sites (N-methyl/N-ethyl adjacent to an activating group) is 1. The summed E-state index contributed by atoms with van der Waals surface area (Å²) >= 11 is 20.7. The first-order valence-corrected chi connectivity index (χ1v) is 42.7. The van der Waals surface area contributed by atoms with Crippen molar-refractivity contribution in [2.45, 2.75) is 188 Å². The molecule has 19 N–H and O–H groups in total. The van der Waals surface area contributed by atoms with Gasteiger partial charge < -0.3 is 123 Å². The fourth-order valence-corrected chi connectivity index (χ4v) is 18.1. The topological polar surface area (TPSA) is 540 Å². The lowest BCUT2D eigenvalue weighted by atomic mass is 9.84. The van der Waals surface area contributed by atoms with Gasteiger partial charge in [0.15, 0.2) is 29.9 Å². The molecule has 35 nitrogen and oxygen atoms in total. The monoisotopic (exact) mass is 1830 g/mol. The SMILES string of the molecule is CN[C@H](CC(C)C)C(=O)N[C@H]1C(=O)N[C@@H](CC(N)=O)C(=O)NC2C(=O)N[C@H]3C(=O)NC(C(=O)N[C@H](C(=O)O)c4cc(O)cc(O)c4-c4cc3ccc4O)[C@H](O)c3ccc(c(Cl)c3)Oc3cc2cc(c3O[C@@H]2O[C@H](COS(=O)(=O)c3c(C)cc(C)cc3C)[C@@H](O)[C@H](O)[C@H]2O[C@H]2C[C@](C)(NCc3ccc(-c4ccc(Cl)cc4)cc3)[C@H](O)[C@H](C)O2)Oc2ccc(cc2Cl)[C@H]1O. The average molecular weight is 1830 g/mol. The number of hydrogen-bond acceptors (Lipinski definition) is 27. The minimum atomic E-state index is -4.79. The van der Waals surface area contributed by atoms with Crippen molar-refractivity contribution >= 4 is 92.2 Å². The van der Waals surface area contributed by atoms with Gasteiger partial charge in [-0.3, -0.25) is 37.7 Å². The van der Waals surface area contributed by atoms with E-state index in [2.05, 4.69) is 42.5 Å². The van der Waals surface area contributed by atoms with Crippen LogP contribution in [0.3, 0.4) is 0 Å². The van der Waals surface area contributed by atoms with Gasteiger partial charge in [-0.05, 0) is 171 Å². The number of nitrogens with two attached hydrogens (primary N) is 1. The first-order chi connectivity index (χ1) is 60.1. The number of benzene rings is 8. The normalized spacial score (nSPS) is 25.9. The van der Waals surface area contributed by atoms with Gasteiger partial charge in [-0.25, -0.2) is 4.79 Å². The number of aliphatic hydroxyl groups excluding tert-OH is 5. The Hall–Kier alpha value is -11.3. The molecule has 8 aromatic rings. The van der Waals surface area contributed by atoms with E-state index in [0.29, 0.717) is 10.6 Å². The number of rotatable bonds is 20. The third-order valence-corrected chi connectivity index (χ3v) is 25.1. The van der Waals surface area contributed by atoms with Gasteiger partial charge in [-0.2, -0.15) is 8.42 Å². The standard InChI is InChI=1S/C88H94Cl3N9O26S/c1-37(2)23-55(93-8)80(110)99-70-72(105)46-16-21-59(53(90)27-46)122-61-29-48-30-62(76(61)126-87-77(75(108)74(107)63(124-87)36-120-127(118,119)78-39(4)24-38(3)25-40(78)5)125-65-34-88(7,79(109)41(6)121-65)94-35-42-9-11-43(12-10-42)44-13-18-49(89)19-14-44)123-60-22-17-47(28-54(60)91)73(106)71-85(115)98-69(86(116)117)52-31-50(101)32-58(103)66(52)51-26-45(15-20-57(51)102)67(82(112)100-71)97-83(113)68(48)96-81(111)56(33-64(92)104)95-84(70)114/h9-22,24-32,37,41,55-56,63,65,67-75,77,79,87,93-94,101-103,105-109H,23,33-36H2,1-8H3,(H2,92,104)(H,95,114)(H,96,111)(H,97,113)(H,98,115)(H,99,110)(H,100,112)(H,116,117)/t41-,55+,56-,63+,65-,67+,68?,69-,70+,71?,72+,73+,74+,75-,77+,79+,87-,88-/m0/s1. The molecule has 0 spiro atoms. The van der Waals surface area contributed by atoms with Crippen LogP contribution in [0.2, 0.25) is 15.1 Å². The smallest absolute Gasteiger partial charge is 0.330 e. The van der Waals surface area contributed by atoms with Gasteiger partial charge in [0.1, 0.15) is 89.5 Å². The number of primary amides is 1. The quantitative estimate of drug-likeness (QED) is 0.0357. The summed E-state index contributed by atoms with van der Waals surface area (Å²) in [6, 6.07) is 16.8. The zero-order valence-electron chi connectivity index (χ0n) is 69.3. The Labute approximate surface area is 742 Å². The van der Waals surface area contributed by atoms with E-state index in [4.69, 9.17) is 73.1 Å². The molecule has 39 heteroatoms. The molecular formula is C88H94Cl3N9O26S. The summed E-state index contributed by atoms with van der Waals surface area (Å²) in [5, 5.41) is 128. The van der Waals surface area contributed by atoms with Gasteiger partial charge in [0.25, 0.3) is 10.1 Å². The van der Waals surface area contributed by atoms with Crippen molar-refractivity contribution in [2.75, 3.05) is 13.7 Å². The number of aliphatic hydroxyl groups is 5. The van der Waals surface area contributed by atoms with E-state index in [1.165, 1.54) is 33.0 Å². The number of phenolic OH excluding ortho intramolecular Hbond substituents is 3. The molecule has 0 aromatic heterocycles. The average Bonchev–Trinajstić information content (AvgIpc) is 0.762. The summed E-state index contributed by atoms with van der Waals surface area (Å²) in [6.07, 6.45) is -20.1. The van der Waals surface area contributed by atoms with Gasteiger partial charge in [-0.1, -0.05) is 121 Å². The van der Waals surface area contributed by atoms with Crippen LogP contribution in [-0.4, -0.2) is 194 Å². The molecule has 2 saturated heterocycles. The van der Waals surface area contributed by atoms with Crippen LogP contribution in [0, 0.1) is 26.7 Å². The van der Waals surface area contributed by atoms with Crippen LogP contribution in [0.4, 0.5) is 0 Å². The number of ether oxygens (including phenoxy) is 6. The number of carbonyl (C=O) groups excluding carboxylic acids is 7. The molecule has 8 aromatic carbocycles. The number of carbonyl (C=O) groups is 8. The molecule has 7 aliphatic rings. The van der Waals surface area contributed by atoms with E-state index < -0.39 is 258 Å². The molecule has 18 atom stereocenters. The Morgan fingerprint density at radius 2 is 1.24 bits per heavy atom. The van der Waals surface area contributed by atoms with E-state index in [9.17, 15) is 68.8 Å². The highest BCUT2D eigenvalue weighted by Gasteiger charge is 2.53. The van der Waals surface area contributed by atoms with Crippen LogP contribution < -0.4 is 62.5 Å². The zero-order chi connectivity index (χ0) is 91.9. The number of nitrogens with one attached hydrogen (secondary N) is 8. The van der Waals surface area contributed by atoms with Gasteiger partial charge in [0.2, 0.25) is 53.4 Å². The lowest BCUT2D eigenvalue weighted by Gasteiger charge is -2.48. The van der Waals surface area contributed by atoms with Crippen molar-refractivity contribution in [3.05, 3.63) is 205 Å². The largest absolute Gasteiger partial charge is 0.508 e. The summed E-state index contributed by atoms with van der Waals surface area (Å²) in [5.41, 5.74) is 5.28. The fourth-order valence-electron chi connectivity index (χ4n) is 16.2. The number of aromatic hydroxyl groups is 3. The number of aryl methyl sites for hydroxylation is 3. The predicted octanol–water partition coefficient (Wildman–Crippen LogP) is 6.60. The molecule has 0 aliphatic carbocycles. The van der Waals surface area contributed by atoms with Gasteiger partial charge in [-0.15, -0.1) is 0 Å². The first kappa shape index (κ1) is 93.3. The van der Waals surface area contributed by atoms with E-state index in [-0.39, 0.29) is 58.0 Å². The Morgan fingerprint density at radius 3 is 1.84 bits per heavy atom. The fraction of sp³-hybridized carbons (Fsp3) is 0.364. The maximum atomic E-state index is 16.4. The molecule has 7 heterocycles. The van der Waals surface area contributed by atoms with Crippen LogP contribution >= 0.6 is 34.8 Å². The molecular weight excluding hydrogens is 1740 g/mol.